The number of hydrogen-bond acceptors (Lipinski definition) is 0. The van der Waals surface area contributed by atoms with E-state index in [0.29, 0.717) is 0 Å². The summed E-state index contributed by atoms with van der Waals surface area (Å²) in [4.78, 5) is 0. The first-order chi connectivity index (χ1) is 7.18. The van der Waals surface area contributed by atoms with Crippen molar-refractivity contribution in [2.75, 3.05) is 0 Å². The van der Waals surface area contributed by atoms with Crippen LogP contribution in [-0.4, -0.2) is 0 Å². The SMILES string of the molecule is CC1=C2CCCC2=C(C)C2CC(C)CC12. The lowest BCUT2D eigenvalue weighted by molar-refractivity contribution is 0.486. The molecule has 3 rings (SSSR count). The van der Waals surface area contributed by atoms with Gasteiger partial charge in [0.05, 0.1) is 0 Å². The van der Waals surface area contributed by atoms with Gasteiger partial charge in [-0.1, -0.05) is 18.1 Å². The molecule has 0 bridgehead atoms. The van der Waals surface area contributed by atoms with Crippen molar-refractivity contribution in [2.45, 2.75) is 52.9 Å². The fraction of sp³-hybridized carbons (Fsp3) is 0.733. The molecule has 2 atom stereocenters. The van der Waals surface area contributed by atoms with Gasteiger partial charge in [0, 0.05) is 0 Å². The molecule has 2 fully saturated rings. The number of hydrogen-bond donors (Lipinski definition) is 0. The first-order valence-electron chi connectivity index (χ1n) is 6.58. The highest BCUT2D eigenvalue weighted by Crippen LogP contribution is 2.53. The highest BCUT2D eigenvalue weighted by molar-refractivity contribution is 5.47. The second kappa shape index (κ2) is 3.23. The second-order valence-electron chi connectivity index (χ2n) is 5.97. The molecule has 82 valence electrons. The van der Waals surface area contributed by atoms with Crippen LogP contribution < -0.4 is 0 Å². The van der Waals surface area contributed by atoms with Gasteiger partial charge in [-0.25, -0.2) is 0 Å². The van der Waals surface area contributed by atoms with Crippen molar-refractivity contribution in [1.82, 2.24) is 0 Å². The van der Waals surface area contributed by atoms with Gasteiger partial charge >= 0.3 is 0 Å². The molecule has 15 heavy (non-hydrogen) atoms. The van der Waals surface area contributed by atoms with Crippen molar-refractivity contribution < 1.29 is 0 Å². The molecule has 0 radical (unpaired) electrons. The zero-order chi connectivity index (χ0) is 10.6. The number of fused-ring (bicyclic) bond motifs is 2. The van der Waals surface area contributed by atoms with Gasteiger partial charge in [0.2, 0.25) is 0 Å². The maximum Gasteiger partial charge on any atom is -0.0132 e. The summed E-state index contributed by atoms with van der Waals surface area (Å²) in [7, 11) is 0. The van der Waals surface area contributed by atoms with E-state index in [4.69, 9.17) is 0 Å². The Morgan fingerprint density at radius 1 is 0.867 bits per heavy atom. The van der Waals surface area contributed by atoms with E-state index in [9.17, 15) is 0 Å². The zero-order valence-corrected chi connectivity index (χ0v) is 10.3. The Morgan fingerprint density at radius 2 is 1.33 bits per heavy atom. The molecule has 2 saturated carbocycles. The maximum atomic E-state index is 2.43. The number of allylic oxidation sites excluding steroid dienone is 4. The monoisotopic (exact) mass is 202 g/mol. The van der Waals surface area contributed by atoms with Crippen LogP contribution in [0.5, 0.6) is 0 Å². The lowest BCUT2D eigenvalue weighted by atomic mass is 9.75. The van der Waals surface area contributed by atoms with E-state index in [2.05, 4.69) is 20.8 Å². The average Bonchev–Trinajstić information content (AvgIpc) is 2.79. The summed E-state index contributed by atoms with van der Waals surface area (Å²) in [6.07, 6.45) is 7.05. The molecule has 0 saturated heterocycles. The molecule has 0 aromatic rings. The Kier molecular flexibility index (Phi) is 2.09. The molecular weight excluding hydrogens is 180 g/mol. The van der Waals surface area contributed by atoms with Crippen LogP contribution in [-0.2, 0) is 0 Å². The van der Waals surface area contributed by atoms with E-state index >= 15 is 0 Å². The molecule has 0 aliphatic heterocycles. The molecule has 0 spiro atoms. The molecular formula is C15H22. The summed E-state index contributed by atoms with van der Waals surface area (Å²) in [5.74, 6) is 2.78. The van der Waals surface area contributed by atoms with Gasteiger partial charge in [-0.2, -0.15) is 0 Å². The van der Waals surface area contributed by atoms with Crippen molar-refractivity contribution in [3.8, 4) is 0 Å². The van der Waals surface area contributed by atoms with E-state index in [1.807, 2.05) is 0 Å². The summed E-state index contributed by atoms with van der Waals surface area (Å²) >= 11 is 0. The minimum Gasteiger partial charge on any atom is -0.0661 e. The summed E-state index contributed by atoms with van der Waals surface area (Å²) in [5, 5.41) is 0. The van der Waals surface area contributed by atoms with Crippen LogP contribution in [0.2, 0.25) is 0 Å². The summed E-state index contributed by atoms with van der Waals surface area (Å²) in [5.41, 5.74) is 7.07. The number of rotatable bonds is 0. The largest absolute Gasteiger partial charge is 0.0661 e. The molecule has 0 amide bonds. The highest BCUT2D eigenvalue weighted by atomic mass is 14.4. The molecule has 0 aromatic carbocycles. The third kappa shape index (κ3) is 1.26. The fourth-order valence-corrected chi connectivity index (χ4v) is 4.31. The maximum absolute atomic E-state index is 2.43. The molecule has 0 N–H and O–H groups in total. The van der Waals surface area contributed by atoms with E-state index in [1.54, 1.807) is 22.3 Å². The van der Waals surface area contributed by atoms with Crippen molar-refractivity contribution in [3.63, 3.8) is 0 Å². The molecule has 0 aromatic heterocycles. The van der Waals surface area contributed by atoms with Gasteiger partial charge < -0.3 is 0 Å². The van der Waals surface area contributed by atoms with Crippen LogP contribution >= 0.6 is 0 Å². The Bertz CT molecular complexity index is 322. The van der Waals surface area contributed by atoms with Gasteiger partial charge in [-0.15, -0.1) is 0 Å². The first kappa shape index (κ1) is 9.69. The van der Waals surface area contributed by atoms with Gasteiger partial charge in [0.25, 0.3) is 0 Å². The quantitative estimate of drug-likeness (QED) is 0.543. The molecule has 3 aliphatic carbocycles. The zero-order valence-electron chi connectivity index (χ0n) is 10.3. The summed E-state index contributed by atoms with van der Waals surface area (Å²) < 4.78 is 0. The Balaban J connectivity index is 2.08. The van der Waals surface area contributed by atoms with Crippen LogP contribution in [0, 0.1) is 17.8 Å². The Labute approximate surface area is 93.5 Å². The fourth-order valence-electron chi connectivity index (χ4n) is 4.31. The van der Waals surface area contributed by atoms with E-state index < -0.39 is 0 Å². The van der Waals surface area contributed by atoms with Crippen molar-refractivity contribution >= 4 is 0 Å². The summed E-state index contributed by atoms with van der Waals surface area (Å²) in [6, 6.07) is 0. The van der Waals surface area contributed by atoms with Crippen molar-refractivity contribution in [2.24, 2.45) is 17.8 Å². The van der Waals surface area contributed by atoms with Gasteiger partial charge in [-0.05, 0) is 74.9 Å². The second-order valence-corrected chi connectivity index (χ2v) is 5.97. The van der Waals surface area contributed by atoms with Crippen LogP contribution in [0.4, 0.5) is 0 Å². The predicted molar refractivity (Wildman–Crippen MR) is 64.6 cm³/mol. The average molecular weight is 202 g/mol. The summed E-state index contributed by atoms with van der Waals surface area (Å²) in [6.45, 7) is 7.27. The highest BCUT2D eigenvalue weighted by Gasteiger charge is 2.40. The van der Waals surface area contributed by atoms with Crippen LogP contribution in [0.25, 0.3) is 0 Å². The van der Waals surface area contributed by atoms with Crippen LogP contribution in [0.15, 0.2) is 22.3 Å². The lowest BCUT2D eigenvalue weighted by Gasteiger charge is -2.30. The molecule has 3 aliphatic rings. The van der Waals surface area contributed by atoms with Crippen LogP contribution in [0.3, 0.4) is 0 Å². The minimum atomic E-state index is 0.914. The Hall–Kier alpha value is -0.520. The van der Waals surface area contributed by atoms with Crippen LogP contribution in [0.1, 0.15) is 52.9 Å². The normalized spacial score (nSPS) is 39.8. The topological polar surface area (TPSA) is 0 Å². The lowest BCUT2D eigenvalue weighted by Crippen LogP contribution is -2.17. The third-order valence-corrected chi connectivity index (χ3v) is 5.08. The van der Waals surface area contributed by atoms with Crippen molar-refractivity contribution in [1.29, 1.82) is 0 Å². The van der Waals surface area contributed by atoms with Crippen molar-refractivity contribution in [3.05, 3.63) is 22.3 Å². The molecule has 0 heterocycles. The van der Waals surface area contributed by atoms with E-state index in [-0.39, 0.29) is 0 Å². The third-order valence-electron chi connectivity index (χ3n) is 5.08. The smallest absolute Gasteiger partial charge is 0.0132 e. The van der Waals surface area contributed by atoms with Gasteiger partial charge in [0.15, 0.2) is 0 Å². The van der Waals surface area contributed by atoms with Gasteiger partial charge in [0.1, 0.15) is 0 Å². The first-order valence-corrected chi connectivity index (χ1v) is 6.58. The van der Waals surface area contributed by atoms with E-state index in [1.165, 1.54) is 32.1 Å². The molecule has 0 heteroatoms. The predicted octanol–water partition coefficient (Wildman–Crippen LogP) is 4.48. The van der Waals surface area contributed by atoms with Gasteiger partial charge in [-0.3, -0.25) is 0 Å². The Morgan fingerprint density at radius 3 is 1.80 bits per heavy atom. The molecule has 2 unspecified atom stereocenters. The standard InChI is InChI=1S/C15H22/c1-9-7-14-10(2)12-5-4-6-13(12)11(3)15(14)8-9/h9,14-15H,4-8H2,1-3H3. The molecule has 0 nitrogen and oxygen atoms in total. The minimum absolute atomic E-state index is 0.914. The van der Waals surface area contributed by atoms with E-state index in [0.717, 1.165) is 17.8 Å².